The molecule has 0 aromatic heterocycles. The van der Waals surface area contributed by atoms with E-state index in [1.807, 2.05) is 0 Å². The zero-order valence-electron chi connectivity index (χ0n) is 15.4. The van der Waals surface area contributed by atoms with E-state index in [9.17, 15) is 0 Å². The summed E-state index contributed by atoms with van der Waals surface area (Å²) in [5.74, 6) is 0. The first kappa shape index (κ1) is 16.6. The van der Waals surface area contributed by atoms with Crippen LogP contribution in [0.1, 0.15) is 60.0 Å². The van der Waals surface area contributed by atoms with Gasteiger partial charge in [0.15, 0.2) is 0 Å². The quantitative estimate of drug-likeness (QED) is 0.497. The Balaban J connectivity index is 1.85. The maximum atomic E-state index is 2.55. The van der Waals surface area contributed by atoms with Crippen LogP contribution in [0.3, 0.4) is 0 Å². The van der Waals surface area contributed by atoms with E-state index < -0.39 is 8.07 Å². The van der Waals surface area contributed by atoms with Crippen LogP contribution in [0.2, 0.25) is 12.1 Å². The molecular formula is C24H28Si. The molecule has 0 amide bonds. The predicted molar refractivity (Wildman–Crippen MR) is 112 cm³/mol. The van der Waals surface area contributed by atoms with Crippen molar-refractivity contribution in [2.75, 3.05) is 0 Å². The van der Waals surface area contributed by atoms with Crippen LogP contribution >= 0.6 is 0 Å². The van der Waals surface area contributed by atoms with Gasteiger partial charge in [0.25, 0.3) is 0 Å². The van der Waals surface area contributed by atoms with Crippen LogP contribution in [-0.2, 0) is 0 Å². The lowest BCUT2D eigenvalue weighted by atomic mass is 10.1. The molecule has 0 saturated carbocycles. The Bertz CT molecular complexity index is 745. The Kier molecular flexibility index (Phi) is 4.51. The number of hydrogen-bond acceptors (Lipinski definition) is 0. The molecule has 2 aromatic rings. The van der Waals surface area contributed by atoms with Crippen LogP contribution in [0.5, 0.6) is 0 Å². The van der Waals surface area contributed by atoms with E-state index >= 15 is 0 Å². The molecule has 0 bridgehead atoms. The second-order valence-corrected chi connectivity index (χ2v) is 12.4. The van der Waals surface area contributed by atoms with E-state index in [2.05, 4.69) is 86.7 Å². The molecule has 2 aliphatic rings. The molecule has 1 heteroatoms. The fourth-order valence-corrected chi connectivity index (χ4v) is 11.8. The van der Waals surface area contributed by atoms with Gasteiger partial charge in [-0.2, -0.15) is 0 Å². The van der Waals surface area contributed by atoms with E-state index in [0.717, 1.165) is 0 Å². The van der Waals surface area contributed by atoms with Crippen molar-refractivity contribution in [1.29, 1.82) is 0 Å². The number of rotatable bonds is 6. The molecule has 0 aliphatic heterocycles. The van der Waals surface area contributed by atoms with Gasteiger partial charge in [-0.15, -0.1) is 0 Å². The molecule has 0 spiro atoms. The Morgan fingerprint density at radius 1 is 0.680 bits per heavy atom. The van der Waals surface area contributed by atoms with Crippen molar-refractivity contribution in [2.45, 2.75) is 49.9 Å². The average Bonchev–Trinajstić information content (AvgIpc) is 3.26. The largest absolute Gasteiger partial charge is 0.0791 e. The minimum Gasteiger partial charge on any atom is -0.0791 e. The fraction of sp³-hybridized carbons (Fsp3) is 0.333. The number of benzene rings is 2. The number of allylic oxidation sites excluding steroid dienone is 2. The van der Waals surface area contributed by atoms with Crippen molar-refractivity contribution >= 4 is 20.2 Å². The zero-order chi connectivity index (χ0) is 17.3. The molecular weight excluding hydrogens is 316 g/mol. The normalized spacial score (nSPS) is 20.7. The van der Waals surface area contributed by atoms with Gasteiger partial charge in [0, 0.05) is 0 Å². The highest BCUT2D eigenvalue weighted by Gasteiger charge is 2.48. The average molecular weight is 345 g/mol. The fourth-order valence-electron chi connectivity index (χ4n) is 5.37. The summed E-state index contributed by atoms with van der Waals surface area (Å²) in [4.78, 5) is 0. The molecule has 0 nitrogen and oxygen atoms in total. The summed E-state index contributed by atoms with van der Waals surface area (Å²) in [6, 6.07) is 21.0. The van der Waals surface area contributed by atoms with Gasteiger partial charge in [-0.05, 0) is 33.3 Å². The minimum atomic E-state index is -1.61. The van der Waals surface area contributed by atoms with Gasteiger partial charge < -0.3 is 0 Å². The first-order valence-electron chi connectivity index (χ1n) is 9.84. The van der Waals surface area contributed by atoms with E-state index in [0.29, 0.717) is 11.1 Å². The molecule has 25 heavy (non-hydrogen) atoms. The summed E-state index contributed by atoms with van der Waals surface area (Å²) in [6.45, 7) is 4.76. The highest BCUT2D eigenvalue weighted by Crippen LogP contribution is 2.51. The van der Waals surface area contributed by atoms with Crippen LogP contribution < -0.4 is 0 Å². The monoisotopic (exact) mass is 344 g/mol. The van der Waals surface area contributed by atoms with Crippen molar-refractivity contribution in [3.05, 3.63) is 82.9 Å². The molecule has 128 valence electrons. The number of hydrogen-bond donors (Lipinski definition) is 0. The lowest BCUT2D eigenvalue weighted by Crippen LogP contribution is -2.46. The summed E-state index contributed by atoms with van der Waals surface area (Å²) >= 11 is 0. The van der Waals surface area contributed by atoms with Gasteiger partial charge >= 0.3 is 0 Å². The Morgan fingerprint density at radius 3 is 1.56 bits per heavy atom. The van der Waals surface area contributed by atoms with Gasteiger partial charge in [-0.25, -0.2) is 0 Å². The maximum Gasteiger partial charge on any atom is 0.0774 e. The Labute approximate surface area is 153 Å². The molecule has 0 N–H and O–H groups in total. The van der Waals surface area contributed by atoms with Gasteiger partial charge in [0.2, 0.25) is 0 Å². The van der Waals surface area contributed by atoms with Crippen molar-refractivity contribution < 1.29 is 0 Å². The van der Waals surface area contributed by atoms with Crippen molar-refractivity contribution in [3.63, 3.8) is 0 Å². The third kappa shape index (κ3) is 2.66. The van der Waals surface area contributed by atoms with E-state index in [-0.39, 0.29) is 0 Å². The van der Waals surface area contributed by atoms with Crippen LogP contribution in [0, 0.1) is 0 Å². The van der Waals surface area contributed by atoms with E-state index in [1.165, 1.54) is 36.1 Å². The molecule has 4 rings (SSSR count). The Hall–Kier alpha value is -1.86. The third-order valence-electron chi connectivity index (χ3n) is 6.27. The molecule has 0 radical (unpaired) electrons. The van der Waals surface area contributed by atoms with E-state index in [4.69, 9.17) is 0 Å². The molecule has 0 heterocycles. The van der Waals surface area contributed by atoms with Crippen molar-refractivity contribution in [2.24, 2.45) is 0 Å². The summed E-state index contributed by atoms with van der Waals surface area (Å²) in [6.07, 6.45) is 12.5. The topological polar surface area (TPSA) is 0 Å². The highest BCUT2D eigenvalue weighted by molar-refractivity contribution is 6.83. The van der Waals surface area contributed by atoms with Crippen molar-refractivity contribution in [3.8, 4) is 0 Å². The minimum absolute atomic E-state index is 0.657. The van der Waals surface area contributed by atoms with Crippen LogP contribution in [0.15, 0.2) is 60.7 Å². The summed E-state index contributed by atoms with van der Waals surface area (Å²) in [5.41, 5.74) is 7.40. The van der Waals surface area contributed by atoms with Gasteiger partial charge in [-0.1, -0.05) is 112 Å². The second kappa shape index (κ2) is 6.80. The molecule has 2 unspecified atom stereocenters. The lowest BCUT2D eigenvalue weighted by Gasteiger charge is -2.42. The molecule has 0 saturated heterocycles. The molecule has 2 aliphatic carbocycles. The van der Waals surface area contributed by atoms with Gasteiger partial charge in [0.05, 0.1) is 8.07 Å². The zero-order valence-corrected chi connectivity index (χ0v) is 16.4. The van der Waals surface area contributed by atoms with Crippen LogP contribution in [0.25, 0.3) is 12.2 Å². The first-order chi connectivity index (χ1) is 12.3. The van der Waals surface area contributed by atoms with Crippen LogP contribution in [0.4, 0.5) is 0 Å². The first-order valence-corrected chi connectivity index (χ1v) is 12.4. The predicted octanol–water partition coefficient (Wildman–Crippen LogP) is 6.95. The Morgan fingerprint density at radius 2 is 1.12 bits per heavy atom. The third-order valence-corrected chi connectivity index (χ3v) is 12.6. The molecule has 0 fully saturated rings. The SMILES string of the molecule is CCC[Si](CCC)(C1C=Cc2ccccc21)C1C=Cc2ccccc21. The molecule has 2 atom stereocenters. The second-order valence-electron chi connectivity index (χ2n) is 7.66. The smallest absolute Gasteiger partial charge is 0.0774 e. The van der Waals surface area contributed by atoms with Gasteiger partial charge in [0.1, 0.15) is 0 Å². The summed E-state index contributed by atoms with van der Waals surface area (Å²) in [7, 11) is -1.61. The maximum absolute atomic E-state index is 2.55. The van der Waals surface area contributed by atoms with E-state index in [1.54, 1.807) is 11.1 Å². The highest BCUT2D eigenvalue weighted by atomic mass is 28.3. The molecule has 2 aromatic carbocycles. The van der Waals surface area contributed by atoms with Crippen molar-refractivity contribution in [1.82, 2.24) is 0 Å². The standard InChI is InChI=1S/C24H28Si/c1-3-17-25(18-4-2,23-15-13-19-9-5-7-11-21(19)23)24-16-14-20-10-6-8-12-22(20)24/h5-16,23-24H,3-4,17-18H2,1-2H3. The lowest BCUT2D eigenvalue weighted by molar-refractivity contribution is 0.882. The summed E-state index contributed by atoms with van der Waals surface area (Å²) < 4.78 is 0. The summed E-state index contributed by atoms with van der Waals surface area (Å²) in [5, 5.41) is 0. The van der Waals surface area contributed by atoms with Gasteiger partial charge in [-0.3, -0.25) is 0 Å². The number of fused-ring (bicyclic) bond motifs is 2. The van der Waals surface area contributed by atoms with Crippen LogP contribution in [-0.4, -0.2) is 8.07 Å².